The van der Waals surface area contributed by atoms with Crippen molar-refractivity contribution in [1.29, 1.82) is 0 Å². The highest BCUT2D eigenvalue weighted by Gasteiger charge is 2.76. The van der Waals surface area contributed by atoms with Gasteiger partial charge in [0, 0.05) is 28.5 Å². The number of hydrogen-bond acceptors (Lipinski definition) is 7. The summed E-state index contributed by atoms with van der Waals surface area (Å²) in [4.78, 5) is 29.8. The van der Waals surface area contributed by atoms with Crippen molar-refractivity contribution in [2.24, 2.45) is 28.6 Å². The Balaban J connectivity index is 1.41. The van der Waals surface area contributed by atoms with Gasteiger partial charge in [-0.3, -0.25) is 9.59 Å². The maximum atomic E-state index is 13.5. The molecule has 2 heterocycles. The Morgan fingerprint density at radius 3 is 2.89 bits per heavy atom. The van der Waals surface area contributed by atoms with Gasteiger partial charge in [-0.1, -0.05) is 25.5 Å². The molecule has 186 valence electrons. The Hall–Kier alpha value is -1.71. The summed E-state index contributed by atoms with van der Waals surface area (Å²) in [7, 11) is 0. The summed E-state index contributed by atoms with van der Waals surface area (Å²) in [6.45, 7) is 3.50. The third kappa shape index (κ3) is 3.01. The molecule has 5 aliphatic rings. The standard InChI is InChI=1S/C27H30BrNO6/c1-25-8-7-15(31)10-14(25)5-6-16-18-11-21-27(20(33)13-30,26(18,2)12-19(32)22(16)25)35-24(34-21)17-4-3-9-29-23(17)28/h3-4,7-10,16,18-19,21-22,24,30,32H,5-6,11-13H2,1-2H3/t16-,18-,19-,21+,22+,24?,25-,26-,27+/m0/s1. The second-order valence-electron chi connectivity index (χ2n) is 11.2. The van der Waals surface area contributed by atoms with Crippen molar-refractivity contribution in [2.45, 2.75) is 63.6 Å². The number of nitrogens with zero attached hydrogens (tertiary/aromatic N) is 1. The van der Waals surface area contributed by atoms with Crippen LogP contribution in [0.15, 0.2) is 46.7 Å². The summed E-state index contributed by atoms with van der Waals surface area (Å²) >= 11 is 3.46. The number of hydrogen-bond donors (Lipinski definition) is 2. The van der Waals surface area contributed by atoms with Gasteiger partial charge in [0.2, 0.25) is 0 Å². The van der Waals surface area contributed by atoms with Crippen molar-refractivity contribution >= 4 is 27.5 Å². The van der Waals surface area contributed by atoms with Crippen LogP contribution in [0.1, 0.15) is 51.4 Å². The van der Waals surface area contributed by atoms with Crippen LogP contribution in [0.4, 0.5) is 0 Å². The van der Waals surface area contributed by atoms with Gasteiger partial charge in [-0.05, 0) is 77.7 Å². The number of allylic oxidation sites excluding steroid dienone is 4. The summed E-state index contributed by atoms with van der Waals surface area (Å²) in [5.74, 6) is -0.254. The van der Waals surface area contributed by atoms with E-state index in [1.807, 2.05) is 19.1 Å². The van der Waals surface area contributed by atoms with Crippen LogP contribution >= 0.6 is 15.9 Å². The average Bonchev–Trinajstić information content (AvgIpc) is 3.32. The molecular formula is C27H30BrNO6. The maximum Gasteiger partial charge on any atom is 0.193 e. The molecule has 1 aromatic rings. The van der Waals surface area contributed by atoms with Crippen LogP contribution in [0.2, 0.25) is 0 Å². The van der Waals surface area contributed by atoms with E-state index in [0.29, 0.717) is 23.0 Å². The number of rotatable bonds is 3. The van der Waals surface area contributed by atoms with Crippen molar-refractivity contribution in [3.8, 4) is 0 Å². The van der Waals surface area contributed by atoms with Crippen LogP contribution < -0.4 is 0 Å². The molecule has 3 saturated carbocycles. The number of carbonyl (C=O) groups is 2. The monoisotopic (exact) mass is 543 g/mol. The van der Waals surface area contributed by atoms with Gasteiger partial charge in [-0.25, -0.2) is 4.98 Å². The Kier molecular flexibility index (Phi) is 5.34. The van der Waals surface area contributed by atoms with E-state index in [0.717, 1.165) is 18.4 Å². The summed E-state index contributed by atoms with van der Waals surface area (Å²) < 4.78 is 13.6. The van der Waals surface area contributed by atoms with E-state index >= 15 is 0 Å². The molecule has 4 fully saturated rings. The molecule has 1 saturated heterocycles. The summed E-state index contributed by atoms with van der Waals surface area (Å²) in [6.07, 6.45) is 7.55. The fourth-order valence-electron chi connectivity index (χ4n) is 8.40. The van der Waals surface area contributed by atoms with Gasteiger partial charge in [0.15, 0.2) is 23.5 Å². The minimum atomic E-state index is -1.35. The molecule has 0 aromatic carbocycles. The fourth-order valence-corrected chi connectivity index (χ4v) is 8.84. The molecule has 9 atom stereocenters. The number of halogens is 1. The summed E-state index contributed by atoms with van der Waals surface area (Å²) in [6, 6.07) is 3.63. The van der Waals surface area contributed by atoms with Gasteiger partial charge in [0.05, 0.1) is 12.2 Å². The van der Waals surface area contributed by atoms with Crippen LogP contribution in [0.25, 0.3) is 0 Å². The number of carbonyl (C=O) groups excluding carboxylic acids is 2. The molecule has 2 N–H and O–H groups in total. The Morgan fingerprint density at radius 2 is 2.14 bits per heavy atom. The van der Waals surface area contributed by atoms with E-state index < -0.39 is 47.3 Å². The predicted molar refractivity (Wildman–Crippen MR) is 129 cm³/mol. The Morgan fingerprint density at radius 1 is 1.34 bits per heavy atom. The number of aliphatic hydroxyl groups excluding tert-OH is 2. The lowest BCUT2D eigenvalue weighted by Gasteiger charge is -2.59. The first-order valence-corrected chi connectivity index (χ1v) is 13.1. The third-order valence-corrected chi connectivity index (χ3v) is 10.5. The lowest BCUT2D eigenvalue weighted by molar-refractivity contribution is -0.201. The second-order valence-corrected chi connectivity index (χ2v) is 12.0. The first-order chi connectivity index (χ1) is 16.7. The molecule has 0 spiro atoms. The van der Waals surface area contributed by atoms with Crippen LogP contribution in [0, 0.1) is 28.6 Å². The van der Waals surface area contributed by atoms with E-state index in [1.165, 1.54) is 0 Å². The van der Waals surface area contributed by atoms with E-state index in [2.05, 4.69) is 27.8 Å². The normalized spacial score (nSPS) is 45.9. The topological polar surface area (TPSA) is 106 Å². The van der Waals surface area contributed by atoms with Crippen molar-refractivity contribution in [2.75, 3.05) is 6.61 Å². The smallest absolute Gasteiger partial charge is 0.193 e. The highest BCUT2D eigenvalue weighted by atomic mass is 79.9. The molecule has 6 rings (SSSR count). The molecular weight excluding hydrogens is 514 g/mol. The fraction of sp³-hybridized carbons (Fsp3) is 0.593. The van der Waals surface area contributed by atoms with E-state index in [-0.39, 0.29) is 23.5 Å². The maximum absolute atomic E-state index is 13.5. The lowest BCUT2D eigenvalue weighted by atomic mass is 9.46. The van der Waals surface area contributed by atoms with Crippen molar-refractivity contribution in [3.05, 3.63) is 52.3 Å². The molecule has 0 radical (unpaired) electrons. The van der Waals surface area contributed by atoms with Gasteiger partial charge in [0.1, 0.15) is 11.2 Å². The summed E-state index contributed by atoms with van der Waals surface area (Å²) in [5.41, 5.74) is -0.685. The van der Waals surface area contributed by atoms with Crippen LogP contribution in [0.5, 0.6) is 0 Å². The van der Waals surface area contributed by atoms with E-state index in [4.69, 9.17) is 9.47 Å². The Bertz CT molecular complexity index is 1170. The van der Waals surface area contributed by atoms with E-state index in [9.17, 15) is 19.8 Å². The number of ether oxygens (including phenoxy) is 2. The molecule has 4 aliphatic carbocycles. The van der Waals surface area contributed by atoms with Crippen LogP contribution in [-0.2, 0) is 19.1 Å². The number of aromatic nitrogens is 1. The van der Waals surface area contributed by atoms with E-state index in [1.54, 1.807) is 24.4 Å². The number of Topliss-reactive ketones (excluding diaryl/α,β-unsaturated/α-hetero) is 1. The zero-order valence-electron chi connectivity index (χ0n) is 19.8. The highest BCUT2D eigenvalue weighted by Crippen LogP contribution is 2.70. The number of aliphatic hydroxyl groups is 2. The second kappa shape index (κ2) is 7.89. The number of pyridine rings is 1. The quantitative estimate of drug-likeness (QED) is 0.562. The average molecular weight is 544 g/mol. The molecule has 1 unspecified atom stereocenters. The van der Waals surface area contributed by atoms with Crippen molar-refractivity contribution < 1.29 is 29.3 Å². The van der Waals surface area contributed by atoms with Gasteiger partial charge in [-0.15, -0.1) is 0 Å². The molecule has 1 aliphatic heterocycles. The van der Waals surface area contributed by atoms with Crippen LogP contribution in [-0.4, -0.2) is 51.2 Å². The molecule has 1 aromatic heterocycles. The highest BCUT2D eigenvalue weighted by molar-refractivity contribution is 9.10. The lowest BCUT2D eigenvalue weighted by Crippen LogP contribution is -2.63. The first kappa shape index (κ1) is 23.7. The van der Waals surface area contributed by atoms with Crippen LogP contribution in [0.3, 0.4) is 0 Å². The van der Waals surface area contributed by atoms with Crippen molar-refractivity contribution in [3.63, 3.8) is 0 Å². The molecule has 8 heteroatoms. The first-order valence-electron chi connectivity index (χ1n) is 12.4. The van der Waals surface area contributed by atoms with Crippen molar-refractivity contribution in [1.82, 2.24) is 4.98 Å². The summed E-state index contributed by atoms with van der Waals surface area (Å²) in [5, 5.41) is 21.7. The zero-order chi connectivity index (χ0) is 24.8. The molecule has 0 bridgehead atoms. The van der Waals surface area contributed by atoms with Gasteiger partial charge < -0.3 is 19.7 Å². The minimum absolute atomic E-state index is 0.00311. The Labute approximate surface area is 212 Å². The van der Waals surface area contributed by atoms with Gasteiger partial charge in [0.25, 0.3) is 0 Å². The molecule has 35 heavy (non-hydrogen) atoms. The number of ketones is 2. The van der Waals surface area contributed by atoms with Gasteiger partial charge >= 0.3 is 0 Å². The minimum Gasteiger partial charge on any atom is -0.393 e. The molecule has 7 nitrogen and oxygen atoms in total. The SMILES string of the molecule is C[C@]12C=CC(=O)C=C1CC[C@@H]1[C@@H]2[C@@H](O)C[C@@]2(C)[C@H]1C[C@H]1OC(c3cccnc3Br)O[C@]12C(=O)CO. The van der Waals surface area contributed by atoms with Gasteiger partial charge in [-0.2, -0.15) is 0 Å². The predicted octanol–water partition coefficient (Wildman–Crippen LogP) is 3.45. The third-order valence-electron chi connectivity index (χ3n) is 9.84. The zero-order valence-corrected chi connectivity index (χ0v) is 21.4. The largest absolute Gasteiger partial charge is 0.393 e. The number of fused-ring (bicyclic) bond motifs is 7. The molecule has 0 amide bonds.